The Hall–Kier alpha value is -2.87. The van der Waals surface area contributed by atoms with Crippen molar-refractivity contribution in [2.24, 2.45) is 0 Å². The lowest BCUT2D eigenvalue weighted by Crippen LogP contribution is -2.04. The second-order valence-electron chi connectivity index (χ2n) is 4.72. The van der Waals surface area contributed by atoms with Gasteiger partial charge >= 0.3 is 0 Å². The summed E-state index contributed by atoms with van der Waals surface area (Å²) in [7, 11) is 0. The number of anilines is 1. The SMILES string of the molecule is CC(=O)Nc1nc2ccc(-c3cnc4nc[nH]c4c3)nc2s1. The zero-order chi connectivity index (χ0) is 15.1. The lowest BCUT2D eigenvalue weighted by Gasteiger charge is -1.99. The van der Waals surface area contributed by atoms with Gasteiger partial charge in [0.2, 0.25) is 5.91 Å². The van der Waals surface area contributed by atoms with Crippen molar-refractivity contribution in [3.8, 4) is 11.3 Å². The first-order chi connectivity index (χ1) is 10.7. The Bertz CT molecular complexity index is 1000. The van der Waals surface area contributed by atoms with Crippen LogP contribution in [0.5, 0.6) is 0 Å². The van der Waals surface area contributed by atoms with E-state index < -0.39 is 0 Å². The number of pyridine rings is 2. The fourth-order valence-corrected chi connectivity index (χ4v) is 3.04. The molecular weight excluding hydrogens is 300 g/mol. The van der Waals surface area contributed by atoms with E-state index in [1.165, 1.54) is 18.3 Å². The van der Waals surface area contributed by atoms with Crippen LogP contribution in [0.25, 0.3) is 32.8 Å². The molecule has 0 saturated carbocycles. The quantitative estimate of drug-likeness (QED) is 0.593. The molecule has 0 aliphatic rings. The molecule has 7 nitrogen and oxygen atoms in total. The predicted octanol–water partition coefficient (Wildman–Crippen LogP) is 2.59. The van der Waals surface area contributed by atoms with Crippen molar-refractivity contribution in [1.29, 1.82) is 0 Å². The van der Waals surface area contributed by atoms with Gasteiger partial charge in [0.25, 0.3) is 0 Å². The number of hydrogen-bond donors (Lipinski definition) is 2. The molecular formula is C14H10N6OS. The molecule has 4 rings (SSSR count). The number of nitrogens with one attached hydrogen (secondary N) is 2. The average Bonchev–Trinajstić information content (AvgIpc) is 3.10. The van der Waals surface area contributed by atoms with Crippen molar-refractivity contribution < 1.29 is 4.79 Å². The summed E-state index contributed by atoms with van der Waals surface area (Å²) in [6.07, 6.45) is 3.36. The van der Waals surface area contributed by atoms with Crippen LogP contribution < -0.4 is 5.32 Å². The summed E-state index contributed by atoms with van der Waals surface area (Å²) in [6, 6.07) is 5.73. The highest BCUT2D eigenvalue weighted by atomic mass is 32.1. The second kappa shape index (κ2) is 4.85. The summed E-state index contributed by atoms with van der Waals surface area (Å²) in [5, 5.41) is 3.23. The van der Waals surface area contributed by atoms with Crippen molar-refractivity contribution in [3.63, 3.8) is 0 Å². The molecule has 0 aliphatic carbocycles. The van der Waals surface area contributed by atoms with E-state index in [0.717, 1.165) is 27.1 Å². The summed E-state index contributed by atoms with van der Waals surface area (Å²) in [4.78, 5) is 32.2. The molecule has 8 heteroatoms. The highest BCUT2D eigenvalue weighted by molar-refractivity contribution is 7.21. The number of H-pyrrole nitrogens is 1. The third-order valence-corrected chi connectivity index (χ3v) is 3.99. The van der Waals surface area contributed by atoms with Crippen molar-refractivity contribution in [2.45, 2.75) is 6.92 Å². The van der Waals surface area contributed by atoms with Crippen LogP contribution in [0.2, 0.25) is 0 Å². The minimum absolute atomic E-state index is 0.145. The maximum atomic E-state index is 11.1. The molecule has 22 heavy (non-hydrogen) atoms. The van der Waals surface area contributed by atoms with E-state index in [2.05, 4.69) is 30.2 Å². The van der Waals surface area contributed by atoms with Crippen LogP contribution in [0.1, 0.15) is 6.92 Å². The maximum absolute atomic E-state index is 11.1. The fraction of sp³-hybridized carbons (Fsp3) is 0.0714. The zero-order valence-electron chi connectivity index (χ0n) is 11.5. The van der Waals surface area contributed by atoms with Crippen LogP contribution in [0, 0.1) is 0 Å². The number of rotatable bonds is 2. The zero-order valence-corrected chi connectivity index (χ0v) is 12.3. The highest BCUT2D eigenvalue weighted by Gasteiger charge is 2.09. The molecule has 1 amide bonds. The number of nitrogens with zero attached hydrogens (tertiary/aromatic N) is 4. The van der Waals surface area contributed by atoms with Crippen molar-refractivity contribution in [2.75, 3.05) is 5.32 Å². The number of thiazole rings is 1. The number of aromatic amines is 1. The van der Waals surface area contributed by atoms with Gasteiger partial charge in [-0.15, -0.1) is 0 Å². The van der Waals surface area contributed by atoms with Crippen LogP contribution in [0.15, 0.2) is 30.7 Å². The van der Waals surface area contributed by atoms with Gasteiger partial charge in [0.05, 0.1) is 17.5 Å². The Kier molecular flexibility index (Phi) is 2.83. The van der Waals surface area contributed by atoms with Crippen molar-refractivity contribution in [1.82, 2.24) is 24.9 Å². The van der Waals surface area contributed by atoms with Gasteiger partial charge in [0, 0.05) is 18.7 Å². The third-order valence-electron chi connectivity index (χ3n) is 3.11. The molecule has 108 valence electrons. The molecule has 2 N–H and O–H groups in total. The number of aromatic nitrogens is 5. The lowest BCUT2D eigenvalue weighted by molar-refractivity contribution is -0.114. The van der Waals surface area contributed by atoms with E-state index in [1.807, 2.05) is 18.2 Å². The van der Waals surface area contributed by atoms with Gasteiger partial charge in [-0.3, -0.25) is 4.79 Å². The molecule has 0 spiro atoms. The average molecular weight is 310 g/mol. The van der Waals surface area contributed by atoms with E-state index in [1.54, 1.807) is 12.5 Å². The van der Waals surface area contributed by atoms with Gasteiger partial charge in [-0.05, 0) is 18.2 Å². The molecule has 0 aliphatic heterocycles. The van der Waals surface area contributed by atoms with Crippen LogP contribution in [-0.2, 0) is 4.79 Å². The first kappa shape index (κ1) is 12.8. The Morgan fingerprint density at radius 2 is 2.18 bits per heavy atom. The van der Waals surface area contributed by atoms with Crippen LogP contribution in [0.4, 0.5) is 5.13 Å². The Balaban J connectivity index is 1.79. The molecule has 0 fully saturated rings. The molecule has 0 radical (unpaired) electrons. The minimum Gasteiger partial charge on any atom is -0.343 e. The van der Waals surface area contributed by atoms with Crippen molar-refractivity contribution >= 4 is 43.9 Å². The normalized spacial score (nSPS) is 11.1. The summed E-state index contributed by atoms with van der Waals surface area (Å²) in [5.41, 5.74) is 3.99. The fourth-order valence-electron chi connectivity index (χ4n) is 2.15. The third kappa shape index (κ3) is 2.19. The number of amides is 1. The summed E-state index contributed by atoms with van der Waals surface area (Å²) >= 11 is 1.34. The smallest absolute Gasteiger partial charge is 0.223 e. The van der Waals surface area contributed by atoms with Gasteiger partial charge in [-0.2, -0.15) is 0 Å². The molecule has 4 aromatic heterocycles. The van der Waals surface area contributed by atoms with Gasteiger partial charge in [0.15, 0.2) is 10.8 Å². The Morgan fingerprint density at radius 1 is 1.27 bits per heavy atom. The number of fused-ring (bicyclic) bond motifs is 2. The standard InChI is InChI=1S/C14H10N6OS/c1-7(21)18-14-20-10-3-2-9(19-13(10)22-14)8-4-11-12(15-5-8)17-6-16-11/h2-6H,1H3,(H,15,16,17)(H,18,20,21). The Labute approximate surface area is 128 Å². The molecule has 0 bridgehead atoms. The predicted molar refractivity (Wildman–Crippen MR) is 84.6 cm³/mol. The topological polar surface area (TPSA) is 96.5 Å². The number of carbonyl (C=O) groups is 1. The number of imidazole rings is 1. The van der Waals surface area contributed by atoms with Gasteiger partial charge in [-0.1, -0.05) is 11.3 Å². The van der Waals surface area contributed by atoms with Crippen LogP contribution in [-0.4, -0.2) is 30.8 Å². The van der Waals surface area contributed by atoms with Gasteiger partial charge < -0.3 is 10.3 Å². The molecule has 4 aromatic rings. The summed E-state index contributed by atoms with van der Waals surface area (Å²) < 4.78 is 0. The lowest BCUT2D eigenvalue weighted by atomic mass is 10.2. The van der Waals surface area contributed by atoms with E-state index in [9.17, 15) is 4.79 Å². The molecule has 0 aromatic carbocycles. The molecule has 0 unspecified atom stereocenters. The first-order valence-electron chi connectivity index (χ1n) is 6.54. The van der Waals surface area contributed by atoms with Crippen LogP contribution >= 0.6 is 11.3 Å². The first-order valence-corrected chi connectivity index (χ1v) is 7.35. The van der Waals surface area contributed by atoms with E-state index >= 15 is 0 Å². The maximum Gasteiger partial charge on any atom is 0.223 e. The number of hydrogen-bond acceptors (Lipinski definition) is 6. The second-order valence-corrected chi connectivity index (χ2v) is 5.70. The molecule has 0 atom stereocenters. The minimum atomic E-state index is -0.145. The van der Waals surface area contributed by atoms with Crippen molar-refractivity contribution in [3.05, 3.63) is 30.7 Å². The van der Waals surface area contributed by atoms with E-state index in [0.29, 0.717) is 10.8 Å². The summed E-state index contributed by atoms with van der Waals surface area (Å²) in [5.74, 6) is -0.145. The van der Waals surface area contributed by atoms with Gasteiger partial charge in [-0.25, -0.2) is 19.9 Å². The molecule has 4 heterocycles. The van der Waals surface area contributed by atoms with E-state index in [4.69, 9.17) is 0 Å². The van der Waals surface area contributed by atoms with Gasteiger partial charge in [0.1, 0.15) is 10.3 Å². The van der Waals surface area contributed by atoms with Crippen LogP contribution in [0.3, 0.4) is 0 Å². The monoisotopic (exact) mass is 310 g/mol. The highest BCUT2D eigenvalue weighted by Crippen LogP contribution is 2.27. The summed E-state index contributed by atoms with van der Waals surface area (Å²) in [6.45, 7) is 1.45. The Morgan fingerprint density at radius 3 is 3.05 bits per heavy atom. The largest absolute Gasteiger partial charge is 0.343 e. The molecule has 0 saturated heterocycles. The van der Waals surface area contributed by atoms with E-state index in [-0.39, 0.29) is 5.91 Å². The number of carbonyl (C=O) groups excluding carboxylic acids is 1.